The van der Waals surface area contributed by atoms with E-state index in [-0.39, 0.29) is 10.8 Å². The van der Waals surface area contributed by atoms with Crippen molar-refractivity contribution < 1.29 is 22.7 Å². The Kier molecular flexibility index (Phi) is 5.79. The van der Waals surface area contributed by atoms with Gasteiger partial charge in [-0.25, -0.2) is 8.42 Å². The molecule has 0 saturated carbocycles. The van der Waals surface area contributed by atoms with E-state index in [9.17, 15) is 13.2 Å². The Morgan fingerprint density at radius 3 is 2.35 bits per heavy atom. The smallest absolute Gasteiger partial charge is 0.243 e. The molecule has 0 radical (unpaired) electrons. The van der Waals surface area contributed by atoms with Crippen molar-refractivity contribution in [2.75, 3.05) is 26.1 Å². The van der Waals surface area contributed by atoms with Crippen molar-refractivity contribution in [3.05, 3.63) is 82.9 Å². The third-order valence-electron chi connectivity index (χ3n) is 6.52. The largest absolute Gasteiger partial charge is 0.493 e. The highest BCUT2D eigenvalue weighted by atomic mass is 32.2. The summed E-state index contributed by atoms with van der Waals surface area (Å²) in [6.45, 7) is 0.332. The molecule has 0 unspecified atom stereocenters. The van der Waals surface area contributed by atoms with Gasteiger partial charge in [0.2, 0.25) is 15.9 Å². The first-order chi connectivity index (χ1) is 16.4. The van der Waals surface area contributed by atoms with Gasteiger partial charge in [-0.2, -0.15) is 4.31 Å². The van der Waals surface area contributed by atoms with Crippen LogP contribution in [-0.2, 0) is 27.7 Å². The molecular formula is C26H26N2O5S. The number of nitrogens with one attached hydrogen (secondary N) is 1. The Hall–Kier alpha value is -3.36. The second-order valence-corrected chi connectivity index (χ2v) is 10.3. The number of ether oxygens (including phenoxy) is 2. The first kappa shape index (κ1) is 22.4. The lowest BCUT2D eigenvalue weighted by molar-refractivity contribution is -0.116. The molecule has 7 nitrogen and oxygen atoms in total. The van der Waals surface area contributed by atoms with E-state index in [1.807, 2.05) is 42.5 Å². The van der Waals surface area contributed by atoms with E-state index >= 15 is 0 Å². The minimum Gasteiger partial charge on any atom is -0.493 e. The van der Waals surface area contributed by atoms with E-state index < -0.39 is 16.1 Å². The average molecular weight is 479 g/mol. The average Bonchev–Trinajstić information content (AvgIpc) is 2.87. The van der Waals surface area contributed by atoms with E-state index in [0.29, 0.717) is 43.0 Å². The highest BCUT2D eigenvalue weighted by Crippen LogP contribution is 2.43. The Bertz CT molecular complexity index is 1360. The molecule has 0 spiro atoms. The third kappa shape index (κ3) is 3.82. The van der Waals surface area contributed by atoms with Crippen LogP contribution < -0.4 is 14.8 Å². The van der Waals surface area contributed by atoms with Crippen LogP contribution in [0.25, 0.3) is 0 Å². The Morgan fingerprint density at radius 1 is 0.882 bits per heavy atom. The minimum atomic E-state index is -3.84. The molecule has 0 bridgehead atoms. The molecule has 3 aromatic carbocycles. The minimum absolute atomic E-state index is 0.0516. The van der Waals surface area contributed by atoms with Crippen molar-refractivity contribution >= 4 is 21.6 Å². The summed E-state index contributed by atoms with van der Waals surface area (Å²) in [7, 11) is -0.667. The highest BCUT2D eigenvalue weighted by molar-refractivity contribution is 7.89. The van der Waals surface area contributed by atoms with Crippen LogP contribution in [-0.4, -0.2) is 39.4 Å². The lowest BCUT2D eigenvalue weighted by Crippen LogP contribution is -2.40. The van der Waals surface area contributed by atoms with Gasteiger partial charge in [-0.15, -0.1) is 0 Å². The molecule has 1 N–H and O–H groups in total. The normalized spacial score (nSPS) is 17.9. The first-order valence-corrected chi connectivity index (χ1v) is 12.6. The number of nitrogens with zero attached hydrogens (tertiary/aromatic N) is 1. The second-order valence-electron chi connectivity index (χ2n) is 8.45. The zero-order valence-electron chi connectivity index (χ0n) is 19.1. The van der Waals surface area contributed by atoms with Gasteiger partial charge in [-0.3, -0.25) is 4.79 Å². The quantitative estimate of drug-likeness (QED) is 0.601. The number of fused-ring (bicyclic) bond motifs is 2. The van der Waals surface area contributed by atoms with E-state index in [4.69, 9.17) is 9.47 Å². The zero-order valence-corrected chi connectivity index (χ0v) is 19.9. The lowest BCUT2D eigenvalue weighted by atomic mass is 9.89. The highest BCUT2D eigenvalue weighted by Gasteiger charge is 2.38. The van der Waals surface area contributed by atoms with Crippen LogP contribution >= 0.6 is 0 Å². The maximum atomic E-state index is 14.0. The summed E-state index contributed by atoms with van der Waals surface area (Å²) in [5.41, 5.74) is 4.30. The fraction of sp³-hybridized carbons (Fsp3) is 0.269. The van der Waals surface area contributed by atoms with Crippen molar-refractivity contribution in [2.45, 2.75) is 30.2 Å². The number of amides is 1. The van der Waals surface area contributed by atoms with Gasteiger partial charge in [-0.1, -0.05) is 30.3 Å². The van der Waals surface area contributed by atoms with E-state index in [1.165, 1.54) is 0 Å². The van der Waals surface area contributed by atoms with Gasteiger partial charge >= 0.3 is 0 Å². The molecule has 0 saturated heterocycles. The lowest BCUT2D eigenvalue weighted by Gasteiger charge is -2.37. The molecule has 5 rings (SSSR count). The topological polar surface area (TPSA) is 84.9 Å². The predicted molar refractivity (Wildman–Crippen MR) is 129 cm³/mol. The third-order valence-corrected chi connectivity index (χ3v) is 8.38. The standard InChI is InChI=1S/C26H26N2O5S/c1-32-23-15-18-12-13-28(26(17-6-4-3-5-7-17)21(18)16-24(23)33-2)34(30,31)20-9-10-22-19(14-20)8-11-25(29)27-22/h3-7,9-10,14-16,26H,8,11-13H2,1-2H3,(H,27,29)/t26-/m0/s1. The molecule has 0 fully saturated rings. The Balaban J connectivity index is 1.63. The molecule has 2 heterocycles. The van der Waals surface area contributed by atoms with Crippen LogP contribution in [0.15, 0.2) is 65.6 Å². The molecule has 34 heavy (non-hydrogen) atoms. The van der Waals surface area contributed by atoms with Crippen molar-refractivity contribution in [3.63, 3.8) is 0 Å². The molecule has 0 aliphatic carbocycles. The van der Waals surface area contributed by atoms with Crippen molar-refractivity contribution in [1.82, 2.24) is 4.31 Å². The number of hydrogen-bond donors (Lipinski definition) is 1. The zero-order chi connectivity index (χ0) is 23.9. The van der Waals surface area contributed by atoms with Crippen molar-refractivity contribution in [2.24, 2.45) is 0 Å². The van der Waals surface area contributed by atoms with Gasteiger partial charge in [-0.05, 0) is 65.4 Å². The number of methoxy groups -OCH3 is 2. The SMILES string of the molecule is COc1cc2c(cc1OC)[C@H](c1ccccc1)N(S(=O)(=O)c1ccc3c(c1)CCC(=O)N3)CC2. The van der Waals surface area contributed by atoms with Gasteiger partial charge in [0.1, 0.15) is 0 Å². The summed E-state index contributed by atoms with van der Waals surface area (Å²) in [6.07, 6.45) is 1.42. The molecule has 3 aromatic rings. The first-order valence-electron chi connectivity index (χ1n) is 11.2. The summed E-state index contributed by atoms with van der Waals surface area (Å²) in [5, 5.41) is 2.82. The molecule has 1 atom stereocenters. The summed E-state index contributed by atoms with van der Waals surface area (Å²) in [4.78, 5) is 11.9. The van der Waals surface area contributed by atoms with Crippen LogP contribution in [0.5, 0.6) is 11.5 Å². The number of carbonyl (C=O) groups is 1. The van der Waals surface area contributed by atoms with E-state index in [0.717, 1.165) is 22.3 Å². The molecule has 2 aliphatic heterocycles. The van der Waals surface area contributed by atoms with E-state index in [2.05, 4.69) is 5.32 Å². The van der Waals surface area contributed by atoms with Gasteiger partial charge in [0.25, 0.3) is 0 Å². The number of carbonyl (C=O) groups excluding carboxylic acids is 1. The maximum absolute atomic E-state index is 14.0. The summed E-state index contributed by atoms with van der Waals surface area (Å²) < 4.78 is 40.6. The number of anilines is 1. The number of aryl methyl sites for hydroxylation is 1. The van der Waals surface area contributed by atoms with E-state index in [1.54, 1.807) is 36.7 Å². The predicted octanol–water partition coefficient (Wildman–Crippen LogP) is 3.92. The Labute approximate surface area is 199 Å². The van der Waals surface area contributed by atoms with Crippen LogP contribution in [0.4, 0.5) is 5.69 Å². The fourth-order valence-corrected chi connectivity index (χ4v) is 6.46. The number of sulfonamides is 1. The molecule has 8 heteroatoms. The fourth-order valence-electron chi connectivity index (χ4n) is 4.82. The van der Waals surface area contributed by atoms with Gasteiger partial charge < -0.3 is 14.8 Å². The van der Waals surface area contributed by atoms with Crippen molar-refractivity contribution in [3.8, 4) is 11.5 Å². The number of rotatable bonds is 5. The summed E-state index contributed by atoms with van der Waals surface area (Å²) in [6, 6.07) is 17.9. The van der Waals surface area contributed by atoms with Crippen LogP contribution in [0.1, 0.15) is 34.7 Å². The van der Waals surface area contributed by atoms with Crippen molar-refractivity contribution in [1.29, 1.82) is 0 Å². The van der Waals surface area contributed by atoms with Crippen LogP contribution in [0, 0.1) is 0 Å². The van der Waals surface area contributed by atoms with Gasteiger partial charge in [0.15, 0.2) is 11.5 Å². The Morgan fingerprint density at radius 2 is 1.62 bits per heavy atom. The monoisotopic (exact) mass is 478 g/mol. The van der Waals surface area contributed by atoms with Crippen LogP contribution in [0.3, 0.4) is 0 Å². The summed E-state index contributed by atoms with van der Waals surface area (Å²) in [5.74, 6) is 1.14. The van der Waals surface area contributed by atoms with Gasteiger partial charge in [0.05, 0.1) is 25.2 Å². The van der Waals surface area contributed by atoms with Gasteiger partial charge in [0, 0.05) is 18.7 Å². The number of benzene rings is 3. The number of hydrogen-bond acceptors (Lipinski definition) is 5. The molecular weight excluding hydrogens is 452 g/mol. The van der Waals surface area contributed by atoms with Crippen LogP contribution in [0.2, 0.25) is 0 Å². The molecule has 1 amide bonds. The molecule has 2 aliphatic rings. The molecule has 0 aromatic heterocycles. The molecule has 176 valence electrons. The maximum Gasteiger partial charge on any atom is 0.243 e. The summed E-state index contributed by atoms with van der Waals surface area (Å²) >= 11 is 0. The second kappa shape index (κ2) is 8.77.